The van der Waals surface area contributed by atoms with E-state index in [-0.39, 0.29) is 0 Å². The fraction of sp³-hybridized carbons (Fsp3) is 0. The van der Waals surface area contributed by atoms with Crippen LogP contribution in [0.25, 0.3) is 122 Å². The van der Waals surface area contributed by atoms with Crippen LogP contribution in [0.4, 0.5) is 0 Å². The molecule has 12 aromatic rings. The van der Waals surface area contributed by atoms with Gasteiger partial charge in [-0.1, -0.05) is 133 Å². The van der Waals surface area contributed by atoms with E-state index in [2.05, 4.69) is 103 Å². The molecule has 58 heavy (non-hydrogen) atoms. The highest BCUT2D eigenvalue weighted by atomic mass is 16.3. The van der Waals surface area contributed by atoms with Crippen molar-refractivity contribution in [1.29, 1.82) is 0 Å². The van der Waals surface area contributed by atoms with Crippen LogP contribution < -0.4 is 0 Å². The first-order valence-corrected chi connectivity index (χ1v) is 19.3. The zero-order chi connectivity index (χ0) is 38.2. The topological polar surface area (TPSA) is 77.8 Å². The molecule has 270 valence electrons. The van der Waals surface area contributed by atoms with Crippen molar-refractivity contribution in [3.63, 3.8) is 0 Å². The molecule has 6 heteroatoms. The molecule has 0 bridgehead atoms. The summed E-state index contributed by atoms with van der Waals surface area (Å²) in [6.45, 7) is 0. The van der Waals surface area contributed by atoms with E-state index in [9.17, 15) is 0 Å². The Balaban J connectivity index is 1.08. The summed E-state index contributed by atoms with van der Waals surface area (Å²) in [5.74, 6) is 1.70. The predicted octanol–water partition coefficient (Wildman–Crippen LogP) is 13.7. The van der Waals surface area contributed by atoms with Crippen molar-refractivity contribution in [2.75, 3.05) is 0 Å². The number of hydrogen-bond donors (Lipinski definition) is 0. The maximum absolute atomic E-state index is 6.78. The number of benzene rings is 8. The fourth-order valence-corrected chi connectivity index (χ4v) is 8.39. The van der Waals surface area contributed by atoms with Crippen LogP contribution in [-0.2, 0) is 0 Å². The lowest BCUT2D eigenvalue weighted by Gasteiger charge is -2.12. The second kappa shape index (κ2) is 12.8. The van der Waals surface area contributed by atoms with Crippen molar-refractivity contribution in [3.05, 3.63) is 182 Å². The van der Waals surface area contributed by atoms with Crippen LogP contribution in [0.1, 0.15) is 0 Å². The van der Waals surface area contributed by atoms with Gasteiger partial charge in [-0.25, -0.2) is 19.9 Å². The van der Waals surface area contributed by atoms with Gasteiger partial charge in [-0.05, 0) is 59.7 Å². The van der Waals surface area contributed by atoms with Crippen molar-refractivity contribution in [3.8, 4) is 56.5 Å². The van der Waals surface area contributed by atoms with Gasteiger partial charge >= 0.3 is 0 Å². The first-order chi connectivity index (χ1) is 28.7. The summed E-state index contributed by atoms with van der Waals surface area (Å²) >= 11 is 0. The van der Waals surface area contributed by atoms with E-state index >= 15 is 0 Å². The molecule has 0 N–H and O–H groups in total. The van der Waals surface area contributed by atoms with Crippen LogP contribution in [-0.4, -0.2) is 19.9 Å². The summed E-state index contributed by atoms with van der Waals surface area (Å²) in [4.78, 5) is 20.7. The molecule has 6 nitrogen and oxygen atoms in total. The molecule has 0 saturated heterocycles. The summed E-state index contributed by atoms with van der Waals surface area (Å²) < 4.78 is 13.1. The van der Waals surface area contributed by atoms with Crippen molar-refractivity contribution in [1.82, 2.24) is 19.9 Å². The van der Waals surface area contributed by atoms with E-state index in [1.54, 1.807) is 0 Å². The Bertz CT molecular complexity index is 3570. The minimum absolute atomic E-state index is 0.556. The number of nitrogens with zero attached hydrogens (tertiary/aromatic N) is 4. The molecule has 0 fully saturated rings. The van der Waals surface area contributed by atoms with Crippen molar-refractivity contribution in [2.45, 2.75) is 0 Å². The lowest BCUT2D eigenvalue weighted by Crippen LogP contribution is -2.01. The maximum Gasteiger partial charge on any atom is 0.164 e. The Labute approximate surface area is 331 Å². The number of fused-ring (bicyclic) bond motifs is 10. The van der Waals surface area contributed by atoms with Gasteiger partial charge in [0, 0.05) is 60.0 Å². The number of para-hydroxylation sites is 2. The second-order valence-electron chi connectivity index (χ2n) is 14.5. The molecular weight excluding hydrogens is 713 g/mol. The van der Waals surface area contributed by atoms with Gasteiger partial charge in [0.2, 0.25) is 0 Å². The van der Waals surface area contributed by atoms with E-state index in [1.165, 1.54) is 0 Å². The quantitative estimate of drug-likeness (QED) is 0.163. The van der Waals surface area contributed by atoms with Gasteiger partial charge in [-0.3, -0.25) is 0 Å². The van der Waals surface area contributed by atoms with Gasteiger partial charge in [-0.15, -0.1) is 0 Å². The van der Waals surface area contributed by atoms with Crippen LogP contribution in [0, 0.1) is 0 Å². The lowest BCUT2D eigenvalue weighted by molar-refractivity contribution is 0.669. The smallest absolute Gasteiger partial charge is 0.164 e. The van der Waals surface area contributed by atoms with Crippen LogP contribution in [0.3, 0.4) is 0 Å². The third kappa shape index (κ3) is 5.12. The van der Waals surface area contributed by atoms with E-state index in [4.69, 9.17) is 28.8 Å². The molecule has 0 aliphatic rings. The van der Waals surface area contributed by atoms with Crippen LogP contribution >= 0.6 is 0 Å². The predicted molar refractivity (Wildman–Crippen MR) is 234 cm³/mol. The monoisotopic (exact) mass is 742 g/mol. The Morgan fingerprint density at radius 3 is 1.72 bits per heavy atom. The average Bonchev–Trinajstić information content (AvgIpc) is 3.87. The van der Waals surface area contributed by atoms with E-state index in [0.717, 1.165) is 105 Å². The molecule has 0 radical (unpaired) electrons. The Hall–Kier alpha value is -7.96. The number of rotatable bonds is 5. The SMILES string of the molecule is c1ccc(-c2ccccc2-c2nc(-c3ccc4c(c3)oc3ccccc34)nc(-c3ccc4oc5c(ccc6c(-c7ccccc7)nc7ccccc7c65)c4c3)n2)cc1. The third-order valence-electron chi connectivity index (χ3n) is 11.1. The average molecular weight is 743 g/mol. The van der Waals surface area contributed by atoms with Gasteiger partial charge in [0.15, 0.2) is 17.5 Å². The standard InChI is InChI=1S/C52H30N4O2/c1-3-13-31(14-4-1)35-17-7-8-19-39(35)52-55-50(54-51(56-52)34-23-25-37-36-18-10-12-22-44(36)57-46(37)30-34)33-24-28-45-42(29-33)38-26-27-41-47(49(38)58-45)40-20-9-11-21-43(40)53-48(41)32-15-5-2-6-16-32/h1-30H. The van der Waals surface area contributed by atoms with Gasteiger partial charge in [0.1, 0.15) is 22.3 Å². The minimum Gasteiger partial charge on any atom is -0.456 e. The van der Waals surface area contributed by atoms with Gasteiger partial charge < -0.3 is 8.83 Å². The number of pyridine rings is 1. The Morgan fingerprint density at radius 1 is 0.310 bits per heavy atom. The molecule has 0 atom stereocenters. The first kappa shape index (κ1) is 32.3. The van der Waals surface area contributed by atoms with Gasteiger partial charge in [-0.2, -0.15) is 0 Å². The molecule has 8 aromatic carbocycles. The molecule has 0 unspecified atom stereocenters. The van der Waals surface area contributed by atoms with Crippen LogP contribution in [0.5, 0.6) is 0 Å². The van der Waals surface area contributed by atoms with Crippen molar-refractivity contribution in [2.24, 2.45) is 0 Å². The number of furan rings is 2. The zero-order valence-electron chi connectivity index (χ0n) is 30.9. The molecule has 4 heterocycles. The normalized spacial score (nSPS) is 11.8. The molecule has 0 aliphatic heterocycles. The number of hydrogen-bond acceptors (Lipinski definition) is 6. The summed E-state index contributed by atoms with van der Waals surface area (Å²) in [5.41, 5.74) is 10.9. The molecular formula is C52H30N4O2. The molecule has 0 amide bonds. The minimum atomic E-state index is 0.556. The fourth-order valence-electron chi connectivity index (χ4n) is 8.39. The first-order valence-electron chi connectivity index (χ1n) is 19.3. The van der Waals surface area contributed by atoms with E-state index in [1.807, 2.05) is 78.9 Å². The highest BCUT2D eigenvalue weighted by molar-refractivity contribution is 6.25. The zero-order valence-corrected chi connectivity index (χ0v) is 30.9. The second-order valence-corrected chi connectivity index (χ2v) is 14.5. The molecule has 4 aromatic heterocycles. The Morgan fingerprint density at radius 2 is 0.897 bits per heavy atom. The Kier molecular flexibility index (Phi) is 7.13. The summed E-state index contributed by atoms with van der Waals surface area (Å²) in [7, 11) is 0. The van der Waals surface area contributed by atoms with Crippen LogP contribution in [0.15, 0.2) is 191 Å². The van der Waals surface area contributed by atoms with Gasteiger partial charge in [0.05, 0.1) is 11.2 Å². The molecule has 12 rings (SSSR count). The highest BCUT2D eigenvalue weighted by Gasteiger charge is 2.20. The molecule has 0 aliphatic carbocycles. The van der Waals surface area contributed by atoms with Crippen LogP contribution in [0.2, 0.25) is 0 Å². The lowest BCUT2D eigenvalue weighted by atomic mass is 9.97. The van der Waals surface area contributed by atoms with Crippen molar-refractivity contribution >= 4 is 65.6 Å². The largest absolute Gasteiger partial charge is 0.456 e. The van der Waals surface area contributed by atoms with Gasteiger partial charge in [0.25, 0.3) is 0 Å². The van der Waals surface area contributed by atoms with E-state index < -0.39 is 0 Å². The molecule has 0 saturated carbocycles. The summed E-state index contributed by atoms with van der Waals surface area (Å²) in [5, 5.41) is 7.25. The summed E-state index contributed by atoms with van der Waals surface area (Å²) in [6.07, 6.45) is 0. The van der Waals surface area contributed by atoms with Crippen molar-refractivity contribution < 1.29 is 8.83 Å². The summed E-state index contributed by atoms with van der Waals surface area (Å²) in [6, 6.07) is 62.1. The number of aromatic nitrogens is 4. The highest BCUT2D eigenvalue weighted by Crippen LogP contribution is 2.42. The third-order valence-corrected chi connectivity index (χ3v) is 11.1. The maximum atomic E-state index is 6.78. The molecule has 0 spiro atoms. The van der Waals surface area contributed by atoms with E-state index in [0.29, 0.717) is 17.5 Å².